The van der Waals surface area contributed by atoms with Crippen LogP contribution in [-0.2, 0) is 6.42 Å². The molecule has 0 bridgehead atoms. The van der Waals surface area contributed by atoms with Gasteiger partial charge in [-0.1, -0.05) is 38.1 Å². The summed E-state index contributed by atoms with van der Waals surface area (Å²) >= 11 is 0. The van der Waals surface area contributed by atoms with Crippen LogP contribution in [0.4, 0.5) is 5.69 Å². The first-order valence-corrected chi connectivity index (χ1v) is 5.59. The van der Waals surface area contributed by atoms with Crippen LogP contribution in [0.15, 0.2) is 30.9 Å². The van der Waals surface area contributed by atoms with Gasteiger partial charge in [-0.15, -0.1) is 6.58 Å². The third-order valence-electron chi connectivity index (χ3n) is 2.75. The van der Waals surface area contributed by atoms with E-state index in [0.29, 0.717) is 12.5 Å². The Hall–Kier alpha value is -1.75. The number of nitrogens with zero attached hydrogens (tertiary/aromatic N) is 1. The van der Waals surface area contributed by atoms with Gasteiger partial charge in [-0.05, 0) is 17.5 Å². The zero-order valence-corrected chi connectivity index (χ0v) is 9.96. The van der Waals surface area contributed by atoms with E-state index in [-0.39, 0.29) is 0 Å². The van der Waals surface area contributed by atoms with E-state index in [0.717, 1.165) is 12.1 Å². The second kappa shape index (κ2) is 5.97. The van der Waals surface area contributed by atoms with Crippen molar-refractivity contribution in [1.82, 2.24) is 0 Å². The fourth-order valence-electron chi connectivity index (χ4n) is 1.76. The highest BCUT2D eigenvalue weighted by atomic mass is 14.9. The van der Waals surface area contributed by atoms with E-state index in [9.17, 15) is 0 Å². The number of rotatable bonds is 5. The number of benzene rings is 1. The minimum absolute atomic E-state index is 0.299. The molecule has 16 heavy (non-hydrogen) atoms. The van der Waals surface area contributed by atoms with Crippen LogP contribution in [0.3, 0.4) is 0 Å². The van der Waals surface area contributed by atoms with Gasteiger partial charge in [0.1, 0.15) is 6.54 Å². The number of anilines is 1. The highest BCUT2D eigenvalue weighted by Crippen LogP contribution is 2.28. The van der Waals surface area contributed by atoms with Crippen LogP contribution in [0.1, 0.15) is 30.9 Å². The minimum Gasteiger partial charge on any atom is -0.372 e. The summed E-state index contributed by atoms with van der Waals surface area (Å²) in [7, 11) is 0. The normalized spacial score (nSPS) is 11.6. The van der Waals surface area contributed by atoms with Crippen LogP contribution in [0.5, 0.6) is 0 Å². The summed E-state index contributed by atoms with van der Waals surface area (Å²) in [6.07, 6.45) is 2.89. The van der Waals surface area contributed by atoms with Gasteiger partial charge in [0.2, 0.25) is 0 Å². The molecular formula is C14H18N2. The number of nitriles is 1. The second-order valence-corrected chi connectivity index (χ2v) is 3.77. The van der Waals surface area contributed by atoms with Crippen LogP contribution in [0.2, 0.25) is 0 Å². The van der Waals surface area contributed by atoms with Crippen molar-refractivity contribution in [2.45, 2.75) is 26.2 Å². The van der Waals surface area contributed by atoms with Gasteiger partial charge in [-0.3, -0.25) is 0 Å². The van der Waals surface area contributed by atoms with Gasteiger partial charge >= 0.3 is 0 Å². The summed E-state index contributed by atoms with van der Waals surface area (Å²) < 4.78 is 0. The highest BCUT2D eigenvalue weighted by molar-refractivity contribution is 5.60. The number of para-hydroxylation sites is 1. The van der Waals surface area contributed by atoms with Gasteiger partial charge in [-0.25, -0.2) is 0 Å². The van der Waals surface area contributed by atoms with Crippen molar-refractivity contribution < 1.29 is 0 Å². The lowest BCUT2D eigenvalue weighted by Gasteiger charge is -2.17. The quantitative estimate of drug-likeness (QED) is 0.601. The molecule has 0 fully saturated rings. The van der Waals surface area contributed by atoms with E-state index in [1.807, 2.05) is 6.08 Å². The SMILES string of the molecule is C=CC(C)c1cccc(CC)c1NCC#N. The van der Waals surface area contributed by atoms with E-state index in [1.54, 1.807) is 0 Å². The van der Waals surface area contributed by atoms with Crippen molar-refractivity contribution >= 4 is 5.69 Å². The van der Waals surface area contributed by atoms with Crippen LogP contribution in [-0.4, -0.2) is 6.54 Å². The summed E-state index contributed by atoms with van der Waals surface area (Å²) in [5.74, 6) is 0.299. The first-order valence-electron chi connectivity index (χ1n) is 5.59. The zero-order valence-electron chi connectivity index (χ0n) is 9.96. The third kappa shape index (κ3) is 2.64. The van der Waals surface area contributed by atoms with Gasteiger partial charge in [0.25, 0.3) is 0 Å². The lowest BCUT2D eigenvalue weighted by molar-refractivity contribution is 0.960. The Bertz CT molecular complexity index is 402. The molecule has 84 valence electrons. The zero-order chi connectivity index (χ0) is 12.0. The summed E-state index contributed by atoms with van der Waals surface area (Å²) in [6.45, 7) is 8.39. The molecule has 1 aromatic rings. The van der Waals surface area contributed by atoms with E-state index in [4.69, 9.17) is 5.26 Å². The molecular weight excluding hydrogens is 196 g/mol. The predicted octanol–water partition coefficient (Wildman–Crippen LogP) is 3.47. The number of hydrogen-bond donors (Lipinski definition) is 1. The fourth-order valence-corrected chi connectivity index (χ4v) is 1.76. The Balaban J connectivity index is 3.15. The van der Waals surface area contributed by atoms with E-state index >= 15 is 0 Å². The highest BCUT2D eigenvalue weighted by Gasteiger charge is 2.10. The van der Waals surface area contributed by atoms with Crippen molar-refractivity contribution in [1.29, 1.82) is 5.26 Å². The molecule has 1 N–H and O–H groups in total. The lowest BCUT2D eigenvalue weighted by Crippen LogP contribution is -2.06. The Kier molecular flexibility index (Phi) is 4.60. The summed E-state index contributed by atoms with van der Waals surface area (Å²) in [4.78, 5) is 0. The van der Waals surface area contributed by atoms with Gasteiger partial charge < -0.3 is 5.32 Å². The minimum atomic E-state index is 0.299. The molecule has 0 radical (unpaired) electrons. The largest absolute Gasteiger partial charge is 0.372 e. The number of hydrogen-bond acceptors (Lipinski definition) is 2. The molecule has 1 atom stereocenters. The first-order chi connectivity index (χ1) is 7.74. The number of aryl methyl sites for hydroxylation is 1. The smallest absolute Gasteiger partial charge is 0.103 e. The van der Waals surface area contributed by atoms with E-state index < -0.39 is 0 Å². The predicted molar refractivity (Wildman–Crippen MR) is 68.5 cm³/mol. The molecule has 2 heteroatoms. The van der Waals surface area contributed by atoms with E-state index in [2.05, 4.69) is 50.0 Å². The Morgan fingerprint density at radius 3 is 2.88 bits per heavy atom. The summed E-state index contributed by atoms with van der Waals surface area (Å²) in [6, 6.07) is 8.36. The second-order valence-electron chi connectivity index (χ2n) is 3.77. The molecule has 2 nitrogen and oxygen atoms in total. The molecule has 1 unspecified atom stereocenters. The standard InChI is InChI=1S/C14H18N2/c1-4-11(3)13-8-6-7-12(5-2)14(13)16-10-9-15/h4,6-8,11,16H,1,5,10H2,2-3H3. The number of allylic oxidation sites excluding steroid dienone is 1. The third-order valence-corrected chi connectivity index (χ3v) is 2.75. The maximum atomic E-state index is 8.65. The average Bonchev–Trinajstić information content (AvgIpc) is 2.34. The average molecular weight is 214 g/mol. The Morgan fingerprint density at radius 2 is 2.31 bits per heavy atom. The molecule has 0 spiro atoms. The maximum Gasteiger partial charge on any atom is 0.103 e. The van der Waals surface area contributed by atoms with Gasteiger partial charge in [0.15, 0.2) is 0 Å². The molecule has 0 aromatic heterocycles. The monoisotopic (exact) mass is 214 g/mol. The van der Waals surface area contributed by atoms with Crippen molar-refractivity contribution in [3.05, 3.63) is 42.0 Å². The topological polar surface area (TPSA) is 35.8 Å². The molecule has 0 saturated carbocycles. The van der Waals surface area contributed by atoms with Crippen LogP contribution < -0.4 is 5.32 Å². The van der Waals surface area contributed by atoms with Gasteiger partial charge in [0.05, 0.1) is 6.07 Å². The molecule has 0 heterocycles. The molecule has 0 amide bonds. The fraction of sp³-hybridized carbons (Fsp3) is 0.357. The Labute approximate surface area is 97.6 Å². The lowest BCUT2D eigenvalue weighted by atomic mass is 9.95. The Morgan fingerprint density at radius 1 is 1.56 bits per heavy atom. The van der Waals surface area contributed by atoms with Crippen LogP contribution in [0, 0.1) is 11.3 Å². The molecule has 1 rings (SSSR count). The van der Waals surface area contributed by atoms with Crippen LogP contribution in [0.25, 0.3) is 0 Å². The van der Waals surface area contributed by atoms with Crippen LogP contribution >= 0.6 is 0 Å². The van der Waals surface area contributed by atoms with Gasteiger partial charge in [-0.2, -0.15) is 5.26 Å². The molecule has 0 aliphatic rings. The summed E-state index contributed by atoms with van der Waals surface area (Å²) in [5.41, 5.74) is 3.56. The van der Waals surface area contributed by atoms with Crippen molar-refractivity contribution in [2.24, 2.45) is 0 Å². The first kappa shape index (κ1) is 12.3. The molecule has 1 aromatic carbocycles. The summed E-state index contributed by atoms with van der Waals surface area (Å²) in [5, 5.41) is 11.8. The van der Waals surface area contributed by atoms with Crippen molar-refractivity contribution in [3.8, 4) is 6.07 Å². The number of nitrogens with one attached hydrogen (secondary N) is 1. The molecule has 0 aliphatic carbocycles. The van der Waals surface area contributed by atoms with Gasteiger partial charge in [0, 0.05) is 11.6 Å². The molecule has 0 aliphatic heterocycles. The van der Waals surface area contributed by atoms with Crippen molar-refractivity contribution in [3.63, 3.8) is 0 Å². The molecule has 0 saturated heterocycles. The van der Waals surface area contributed by atoms with Crippen molar-refractivity contribution in [2.75, 3.05) is 11.9 Å². The van der Waals surface area contributed by atoms with E-state index in [1.165, 1.54) is 11.1 Å². The maximum absolute atomic E-state index is 8.65.